The molecule has 0 spiro atoms. The van der Waals surface area contributed by atoms with E-state index >= 15 is 0 Å². The molecule has 28 heavy (non-hydrogen) atoms. The van der Waals surface area contributed by atoms with E-state index < -0.39 is 11.2 Å². The Balaban J connectivity index is 1.77. The number of rotatable bonds is 6. The van der Waals surface area contributed by atoms with Crippen molar-refractivity contribution in [1.82, 2.24) is 5.27 Å². The topological polar surface area (TPSA) is 91.3 Å². The molecule has 0 saturated carbocycles. The third kappa shape index (κ3) is 4.52. The van der Waals surface area contributed by atoms with Crippen molar-refractivity contribution < 1.29 is 23.8 Å². The maximum absolute atomic E-state index is 12.5. The Morgan fingerprint density at radius 1 is 1.29 bits per heavy atom. The summed E-state index contributed by atoms with van der Waals surface area (Å²) in [6.07, 6.45) is 0. The summed E-state index contributed by atoms with van der Waals surface area (Å²) < 4.78 is 11.2. The zero-order chi connectivity index (χ0) is 20.3. The van der Waals surface area contributed by atoms with Crippen molar-refractivity contribution in [2.24, 2.45) is 0 Å². The largest absolute Gasteiger partial charge is 0.538 e. The molecule has 0 aliphatic heterocycles. The minimum atomic E-state index is -0.634. The molecule has 1 unspecified atom stereocenters. The number of aromatic nitrogens is 2. The summed E-state index contributed by atoms with van der Waals surface area (Å²) in [5.41, 5.74) is 1.03. The standard InChI is InChI=1S/C18H15Cl2N3O4S/c1-10(16(24)21-15-8-3-11(19)9-14(15)20)28-17-18(25)27-22-23(17)12-4-6-13(26-2)7-5-12/h3-10H,1-2H3,(H-,21,22,24,25). The van der Waals surface area contributed by atoms with Gasteiger partial charge in [0.05, 0.1) is 28.3 Å². The number of anilines is 1. The minimum absolute atomic E-state index is 0.176. The summed E-state index contributed by atoms with van der Waals surface area (Å²) in [6, 6.07) is 11.7. The van der Waals surface area contributed by atoms with Crippen LogP contribution in [0.15, 0.2) is 52.0 Å². The van der Waals surface area contributed by atoms with Crippen molar-refractivity contribution in [3.8, 4) is 17.4 Å². The van der Waals surface area contributed by atoms with E-state index in [1.165, 1.54) is 10.7 Å². The Morgan fingerprint density at radius 3 is 2.64 bits per heavy atom. The number of carbonyl (C=O) groups excluding carboxylic acids is 1. The Morgan fingerprint density at radius 2 is 2.00 bits per heavy atom. The van der Waals surface area contributed by atoms with Gasteiger partial charge in [-0.05, 0) is 53.7 Å². The molecule has 1 atom stereocenters. The Labute approximate surface area is 175 Å². The van der Waals surface area contributed by atoms with Gasteiger partial charge in [0, 0.05) is 17.2 Å². The third-order valence-corrected chi connectivity index (χ3v) is 5.41. The molecular formula is C18H15Cl2N3O4S. The SMILES string of the molecule is COc1ccc(-[n+]2noc([O-])c2SC(C)C(=O)Nc2ccc(Cl)cc2Cl)cc1. The number of benzene rings is 2. The first-order chi connectivity index (χ1) is 13.4. The van der Waals surface area contributed by atoms with Crippen molar-refractivity contribution >= 4 is 46.6 Å². The number of thioether (sulfide) groups is 1. The predicted octanol–water partition coefficient (Wildman–Crippen LogP) is 3.46. The lowest BCUT2D eigenvalue weighted by Gasteiger charge is -2.11. The van der Waals surface area contributed by atoms with Gasteiger partial charge >= 0.3 is 0 Å². The predicted molar refractivity (Wildman–Crippen MR) is 104 cm³/mol. The van der Waals surface area contributed by atoms with Crippen LogP contribution in [0.2, 0.25) is 10.0 Å². The van der Waals surface area contributed by atoms with Gasteiger partial charge in [-0.25, -0.2) is 0 Å². The highest BCUT2D eigenvalue weighted by Gasteiger charge is 2.27. The molecule has 1 heterocycles. The maximum Gasteiger partial charge on any atom is 0.298 e. The molecule has 2 aromatic carbocycles. The summed E-state index contributed by atoms with van der Waals surface area (Å²) in [4.78, 5) is 12.5. The van der Waals surface area contributed by atoms with Gasteiger partial charge in [0.25, 0.3) is 5.03 Å². The fourth-order valence-electron chi connectivity index (χ4n) is 2.27. The van der Waals surface area contributed by atoms with Crippen molar-refractivity contribution in [2.75, 3.05) is 12.4 Å². The number of nitrogens with one attached hydrogen (secondary N) is 1. The molecule has 146 valence electrons. The van der Waals surface area contributed by atoms with Crippen LogP contribution in [0.25, 0.3) is 5.69 Å². The second-order valence-electron chi connectivity index (χ2n) is 5.65. The average molecular weight is 440 g/mol. The molecule has 3 aromatic rings. The van der Waals surface area contributed by atoms with E-state index in [4.69, 9.17) is 32.5 Å². The fraction of sp³-hybridized carbons (Fsp3) is 0.167. The van der Waals surface area contributed by atoms with Crippen LogP contribution in [0.1, 0.15) is 6.92 Å². The molecule has 1 amide bonds. The van der Waals surface area contributed by atoms with Crippen LogP contribution in [0.4, 0.5) is 5.69 Å². The van der Waals surface area contributed by atoms with Crippen LogP contribution in [-0.2, 0) is 4.79 Å². The average Bonchev–Trinajstić information content (AvgIpc) is 3.04. The van der Waals surface area contributed by atoms with Crippen LogP contribution >= 0.6 is 35.0 Å². The summed E-state index contributed by atoms with van der Waals surface area (Å²) in [6.45, 7) is 1.66. The highest BCUT2D eigenvalue weighted by molar-refractivity contribution is 8.00. The van der Waals surface area contributed by atoms with Gasteiger partial charge in [-0.1, -0.05) is 23.2 Å². The van der Waals surface area contributed by atoms with Crippen molar-refractivity contribution in [3.63, 3.8) is 0 Å². The number of hydrogen-bond acceptors (Lipinski definition) is 6. The van der Waals surface area contributed by atoms with E-state index in [0.29, 0.717) is 27.2 Å². The first-order valence-corrected chi connectivity index (χ1v) is 9.68. The van der Waals surface area contributed by atoms with Gasteiger partial charge in [0.2, 0.25) is 11.6 Å². The number of hydrogen-bond donors (Lipinski definition) is 1. The number of amides is 1. The van der Waals surface area contributed by atoms with Crippen molar-refractivity contribution in [3.05, 3.63) is 52.5 Å². The van der Waals surface area contributed by atoms with Crippen LogP contribution < -0.4 is 19.8 Å². The molecule has 1 aromatic heterocycles. The van der Waals surface area contributed by atoms with Gasteiger partial charge in [0.1, 0.15) is 5.75 Å². The smallest absolute Gasteiger partial charge is 0.298 e. The highest BCUT2D eigenvalue weighted by Crippen LogP contribution is 2.30. The Hall–Kier alpha value is -2.42. The lowest BCUT2D eigenvalue weighted by molar-refractivity contribution is -0.705. The van der Waals surface area contributed by atoms with Gasteiger partial charge in [0.15, 0.2) is 5.95 Å². The first-order valence-electron chi connectivity index (χ1n) is 8.05. The van der Waals surface area contributed by atoms with E-state index in [9.17, 15) is 9.90 Å². The summed E-state index contributed by atoms with van der Waals surface area (Å²) >= 11 is 13.0. The molecule has 7 nitrogen and oxygen atoms in total. The Bertz CT molecular complexity index is 995. The lowest BCUT2D eigenvalue weighted by atomic mass is 10.3. The van der Waals surface area contributed by atoms with E-state index in [0.717, 1.165) is 11.8 Å². The number of ether oxygens (including phenoxy) is 1. The van der Waals surface area contributed by atoms with E-state index in [1.54, 1.807) is 50.4 Å². The zero-order valence-electron chi connectivity index (χ0n) is 14.8. The zero-order valence-corrected chi connectivity index (χ0v) is 17.1. The Kier molecular flexibility index (Phi) is 6.33. The summed E-state index contributed by atoms with van der Waals surface area (Å²) in [5, 5.41) is 18.9. The maximum atomic E-state index is 12.5. The second kappa shape index (κ2) is 8.72. The molecule has 0 aliphatic rings. The minimum Gasteiger partial charge on any atom is -0.538 e. The second-order valence-corrected chi connectivity index (χ2v) is 7.82. The molecule has 0 radical (unpaired) electrons. The van der Waals surface area contributed by atoms with Crippen LogP contribution in [0.3, 0.4) is 0 Å². The summed E-state index contributed by atoms with van der Waals surface area (Å²) in [7, 11) is 1.56. The number of methoxy groups -OCH3 is 1. The molecule has 10 heteroatoms. The monoisotopic (exact) mass is 439 g/mol. The first kappa shape index (κ1) is 20.3. The molecule has 3 rings (SSSR count). The summed E-state index contributed by atoms with van der Waals surface area (Å²) in [5.74, 6) is -0.307. The quantitative estimate of drug-likeness (QED) is 0.466. The number of nitrogens with zero attached hydrogens (tertiary/aromatic N) is 2. The molecule has 0 bridgehead atoms. The van der Waals surface area contributed by atoms with Crippen LogP contribution in [-0.4, -0.2) is 23.5 Å². The molecule has 1 N–H and O–H groups in total. The van der Waals surface area contributed by atoms with E-state index in [2.05, 4.69) is 10.6 Å². The van der Waals surface area contributed by atoms with Crippen LogP contribution in [0, 0.1) is 0 Å². The van der Waals surface area contributed by atoms with Crippen LogP contribution in [0.5, 0.6) is 11.7 Å². The normalized spacial score (nSPS) is 11.9. The van der Waals surface area contributed by atoms with Gasteiger partial charge in [-0.3, -0.25) is 4.79 Å². The highest BCUT2D eigenvalue weighted by atomic mass is 35.5. The molecule has 0 aliphatic carbocycles. The number of carbonyl (C=O) groups is 1. The molecule has 0 saturated heterocycles. The number of halogens is 2. The van der Waals surface area contributed by atoms with E-state index in [1.807, 2.05) is 0 Å². The third-order valence-electron chi connectivity index (χ3n) is 3.74. The van der Waals surface area contributed by atoms with Crippen molar-refractivity contribution in [1.29, 1.82) is 0 Å². The van der Waals surface area contributed by atoms with Gasteiger partial charge < -0.3 is 19.7 Å². The fourth-order valence-corrected chi connectivity index (χ4v) is 3.60. The lowest BCUT2D eigenvalue weighted by Crippen LogP contribution is -2.36. The van der Waals surface area contributed by atoms with Gasteiger partial charge in [-0.2, -0.15) is 0 Å². The molecular weight excluding hydrogens is 425 g/mol. The molecule has 0 fully saturated rings. The van der Waals surface area contributed by atoms with Crippen molar-refractivity contribution in [2.45, 2.75) is 17.2 Å². The van der Waals surface area contributed by atoms with E-state index in [-0.39, 0.29) is 10.9 Å². The van der Waals surface area contributed by atoms with Gasteiger partial charge in [-0.15, -0.1) is 0 Å².